The molecule has 23 heavy (non-hydrogen) atoms. The largest absolute Gasteiger partial charge is 0.337 e. The number of halogens is 1. The van der Waals surface area contributed by atoms with Crippen molar-refractivity contribution >= 4 is 16.1 Å². The molecule has 0 bridgehead atoms. The molecular formula is C15H24FN3O3S. The van der Waals surface area contributed by atoms with Crippen LogP contribution in [0.1, 0.15) is 19.4 Å². The number of amides is 2. The van der Waals surface area contributed by atoms with Gasteiger partial charge in [0.15, 0.2) is 0 Å². The fourth-order valence-corrected chi connectivity index (χ4v) is 2.84. The molecule has 1 aromatic carbocycles. The predicted octanol–water partition coefficient (Wildman–Crippen LogP) is 1.34. The van der Waals surface area contributed by atoms with Crippen molar-refractivity contribution in [3.63, 3.8) is 0 Å². The highest BCUT2D eigenvalue weighted by Gasteiger charge is 2.17. The second-order valence-electron chi connectivity index (χ2n) is 5.56. The van der Waals surface area contributed by atoms with Crippen molar-refractivity contribution in [3.8, 4) is 0 Å². The summed E-state index contributed by atoms with van der Waals surface area (Å²) in [7, 11) is -3.43. The molecule has 2 N–H and O–H groups in total. The first-order valence-corrected chi connectivity index (χ1v) is 9.28. The quantitative estimate of drug-likeness (QED) is 0.746. The summed E-state index contributed by atoms with van der Waals surface area (Å²) in [5.74, 6) is -0.351. The minimum Gasteiger partial charge on any atom is -0.337 e. The molecule has 2 amide bonds. The van der Waals surface area contributed by atoms with E-state index in [4.69, 9.17) is 0 Å². The van der Waals surface area contributed by atoms with Gasteiger partial charge in [0.05, 0.1) is 6.26 Å². The normalized spacial score (nSPS) is 11.7. The smallest absolute Gasteiger partial charge is 0.315 e. The van der Waals surface area contributed by atoms with Crippen molar-refractivity contribution < 1.29 is 17.6 Å². The zero-order valence-corrected chi connectivity index (χ0v) is 14.5. The molecule has 0 aromatic heterocycles. The Hall–Kier alpha value is -1.67. The first kappa shape index (κ1) is 19.4. The van der Waals surface area contributed by atoms with E-state index in [1.807, 2.05) is 13.8 Å². The van der Waals surface area contributed by atoms with Gasteiger partial charge in [0.25, 0.3) is 0 Å². The SMILES string of the molecule is CC(C)NC(=O)NCCN(CCc1ccccc1F)S(C)(=O)=O. The van der Waals surface area contributed by atoms with Gasteiger partial charge in [0, 0.05) is 25.7 Å². The van der Waals surface area contributed by atoms with Gasteiger partial charge in [-0.1, -0.05) is 18.2 Å². The van der Waals surface area contributed by atoms with Crippen molar-refractivity contribution in [1.82, 2.24) is 14.9 Å². The van der Waals surface area contributed by atoms with Crippen LogP contribution in [0.25, 0.3) is 0 Å². The topological polar surface area (TPSA) is 78.5 Å². The Morgan fingerprint density at radius 3 is 2.48 bits per heavy atom. The van der Waals surface area contributed by atoms with Crippen LogP contribution in [0.3, 0.4) is 0 Å². The summed E-state index contributed by atoms with van der Waals surface area (Å²) < 4.78 is 38.4. The third kappa shape index (κ3) is 7.43. The number of nitrogens with one attached hydrogen (secondary N) is 2. The average molecular weight is 345 g/mol. The molecule has 0 aliphatic carbocycles. The van der Waals surface area contributed by atoms with Crippen molar-refractivity contribution in [1.29, 1.82) is 0 Å². The van der Waals surface area contributed by atoms with Crippen LogP contribution in [0.2, 0.25) is 0 Å². The molecule has 0 spiro atoms. The molecule has 0 aliphatic heterocycles. The van der Waals surface area contributed by atoms with E-state index in [2.05, 4.69) is 10.6 Å². The maximum Gasteiger partial charge on any atom is 0.315 e. The lowest BCUT2D eigenvalue weighted by atomic mass is 10.1. The van der Waals surface area contributed by atoms with Crippen LogP contribution < -0.4 is 10.6 Å². The monoisotopic (exact) mass is 345 g/mol. The van der Waals surface area contributed by atoms with Crippen molar-refractivity contribution in [3.05, 3.63) is 35.6 Å². The molecular weight excluding hydrogens is 321 g/mol. The van der Waals surface area contributed by atoms with Gasteiger partial charge in [0.2, 0.25) is 10.0 Å². The number of sulfonamides is 1. The summed E-state index contributed by atoms with van der Waals surface area (Å²) >= 11 is 0. The van der Waals surface area contributed by atoms with Gasteiger partial charge in [-0.05, 0) is 31.9 Å². The molecule has 0 radical (unpaired) electrons. The highest BCUT2D eigenvalue weighted by Crippen LogP contribution is 2.09. The summed E-state index contributed by atoms with van der Waals surface area (Å²) in [6, 6.07) is 5.93. The Balaban J connectivity index is 2.54. The van der Waals surface area contributed by atoms with Crippen LogP contribution >= 0.6 is 0 Å². The molecule has 1 aromatic rings. The fourth-order valence-electron chi connectivity index (χ4n) is 2.00. The first-order chi connectivity index (χ1) is 10.7. The predicted molar refractivity (Wildman–Crippen MR) is 88.2 cm³/mol. The molecule has 6 nitrogen and oxygen atoms in total. The van der Waals surface area contributed by atoms with E-state index in [9.17, 15) is 17.6 Å². The number of carbonyl (C=O) groups excluding carboxylic acids is 1. The van der Waals surface area contributed by atoms with Crippen LogP contribution in [0.15, 0.2) is 24.3 Å². The number of hydrogen-bond acceptors (Lipinski definition) is 3. The third-order valence-corrected chi connectivity index (χ3v) is 4.43. The minimum atomic E-state index is -3.43. The summed E-state index contributed by atoms with van der Waals surface area (Å²) in [5, 5.41) is 5.25. The summed E-state index contributed by atoms with van der Waals surface area (Å²) in [6.07, 6.45) is 1.38. The van der Waals surface area contributed by atoms with Gasteiger partial charge < -0.3 is 10.6 Å². The van der Waals surface area contributed by atoms with Crippen molar-refractivity contribution in [2.45, 2.75) is 26.3 Å². The van der Waals surface area contributed by atoms with Crippen LogP contribution in [0, 0.1) is 5.82 Å². The maximum absolute atomic E-state index is 13.6. The third-order valence-electron chi connectivity index (χ3n) is 3.12. The highest BCUT2D eigenvalue weighted by atomic mass is 32.2. The lowest BCUT2D eigenvalue weighted by Crippen LogP contribution is -2.44. The molecule has 130 valence electrons. The van der Waals surface area contributed by atoms with Gasteiger partial charge in [-0.3, -0.25) is 0 Å². The standard InChI is InChI=1S/C15H24FN3O3S/c1-12(2)18-15(20)17-9-11-19(23(3,21)22)10-8-13-6-4-5-7-14(13)16/h4-7,12H,8-11H2,1-3H3,(H2,17,18,20). The second-order valence-corrected chi connectivity index (χ2v) is 7.54. The molecule has 0 saturated heterocycles. The molecule has 0 aliphatic rings. The minimum absolute atomic E-state index is 0.00191. The van der Waals surface area contributed by atoms with Crippen LogP contribution in [-0.2, 0) is 16.4 Å². The summed E-state index contributed by atoms with van der Waals surface area (Å²) in [5.41, 5.74) is 0.465. The molecule has 0 heterocycles. The van der Waals surface area contributed by atoms with E-state index >= 15 is 0 Å². The van der Waals surface area contributed by atoms with Gasteiger partial charge in [0.1, 0.15) is 5.82 Å². The van der Waals surface area contributed by atoms with Crippen molar-refractivity contribution in [2.24, 2.45) is 0 Å². The van der Waals surface area contributed by atoms with Gasteiger partial charge in [-0.25, -0.2) is 21.9 Å². The lowest BCUT2D eigenvalue weighted by Gasteiger charge is -2.20. The zero-order valence-electron chi connectivity index (χ0n) is 13.7. The average Bonchev–Trinajstić information content (AvgIpc) is 2.42. The van der Waals surface area contributed by atoms with E-state index in [1.165, 1.54) is 10.4 Å². The summed E-state index contributed by atoms with van der Waals surface area (Å²) in [6.45, 7) is 4.14. The molecule has 1 rings (SSSR count). The number of urea groups is 1. The molecule has 0 atom stereocenters. The van der Waals surface area contributed by atoms with Crippen molar-refractivity contribution in [2.75, 3.05) is 25.9 Å². The van der Waals surface area contributed by atoms with E-state index in [1.54, 1.807) is 18.2 Å². The Kier molecular flexibility index (Phi) is 7.44. The first-order valence-electron chi connectivity index (χ1n) is 7.43. The van der Waals surface area contributed by atoms with E-state index in [-0.39, 0.29) is 43.9 Å². The molecule has 0 fully saturated rings. The zero-order chi connectivity index (χ0) is 17.5. The Bertz CT molecular complexity index is 620. The molecule has 0 saturated carbocycles. The van der Waals surface area contributed by atoms with Crippen LogP contribution in [0.4, 0.5) is 9.18 Å². The number of nitrogens with zero attached hydrogens (tertiary/aromatic N) is 1. The Labute approximate surface area is 137 Å². The lowest BCUT2D eigenvalue weighted by molar-refractivity contribution is 0.237. The number of rotatable bonds is 8. The Morgan fingerprint density at radius 1 is 1.26 bits per heavy atom. The molecule has 8 heteroatoms. The van der Waals surface area contributed by atoms with E-state index in [0.717, 1.165) is 6.26 Å². The Morgan fingerprint density at radius 2 is 1.91 bits per heavy atom. The summed E-state index contributed by atoms with van der Waals surface area (Å²) in [4.78, 5) is 11.5. The van der Waals surface area contributed by atoms with Gasteiger partial charge in [-0.2, -0.15) is 0 Å². The second kappa shape index (κ2) is 8.83. The number of benzene rings is 1. The molecule has 0 unspecified atom stereocenters. The number of hydrogen-bond donors (Lipinski definition) is 2. The van der Waals surface area contributed by atoms with E-state index < -0.39 is 10.0 Å². The fraction of sp³-hybridized carbons (Fsp3) is 0.533. The van der Waals surface area contributed by atoms with E-state index in [0.29, 0.717) is 5.56 Å². The van der Waals surface area contributed by atoms with Gasteiger partial charge in [-0.15, -0.1) is 0 Å². The van der Waals surface area contributed by atoms with Crippen LogP contribution in [0.5, 0.6) is 0 Å². The van der Waals surface area contributed by atoms with Gasteiger partial charge >= 0.3 is 6.03 Å². The highest BCUT2D eigenvalue weighted by molar-refractivity contribution is 7.88. The van der Waals surface area contributed by atoms with Crippen LogP contribution in [-0.4, -0.2) is 50.7 Å². The maximum atomic E-state index is 13.6. The number of carbonyl (C=O) groups is 1.